The van der Waals surface area contributed by atoms with Gasteiger partial charge in [-0.2, -0.15) is 0 Å². The second kappa shape index (κ2) is 7.68. The maximum Gasteiger partial charge on any atom is 0.254 e. The van der Waals surface area contributed by atoms with Gasteiger partial charge in [-0.05, 0) is 20.0 Å². The second-order valence-electron chi connectivity index (χ2n) is 5.13. The zero-order chi connectivity index (χ0) is 14.3. The number of hydrogen-bond donors (Lipinski definition) is 2. The average Bonchev–Trinajstić information content (AvgIpc) is 2.36. The summed E-state index contributed by atoms with van der Waals surface area (Å²) in [5.74, 6) is 0.840. The highest BCUT2D eigenvalue weighted by Gasteiger charge is 2.07. The molecule has 1 aromatic heterocycles. The van der Waals surface area contributed by atoms with E-state index in [9.17, 15) is 4.79 Å². The Hall–Kier alpha value is -1.69. The van der Waals surface area contributed by atoms with Gasteiger partial charge in [0.05, 0.1) is 5.56 Å². The van der Waals surface area contributed by atoms with E-state index in [1.54, 1.807) is 12.4 Å². The molecule has 0 spiro atoms. The third-order valence-corrected chi connectivity index (χ3v) is 2.43. The number of carbonyl (C=O) groups is 1. The molecule has 0 radical (unpaired) electrons. The summed E-state index contributed by atoms with van der Waals surface area (Å²) in [6.07, 6.45) is 3.08. The predicted molar refractivity (Wildman–Crippen MR) is 76.2 cm³/mol. The lowest BCUT2D eigenvalue weighted by molar-refractivity contribution is 0.0948. The van der Waals surface area contributed by atoms with E-state index in [2.05, 4.69) is 39.3 Å². The van der Waals surface area contributed by atoms with Crippen molar-refractivity contribution in [3.05, 3.63) is 18.0 Å². The third-order valence-electron chi connectivity index (χ3n) is 2.43. The molecular formula is C13H23N5O. The van der Waals surface area contributed by atoms with E-state index in [4.69, 9.17) is 0 Å². The molecule has 1 aromatic rings. The molecule has 0 bridgehead atoms. The summed E-state index contributed by atoms with van der Waals surface area (Å²) >= 11 is 0. The monoisotopic (exact) mass is 265 g/mol. The molecule has 6 heteroatoms. The third kappa shape index (κ3) is 6.15. The van der Waals surface area contributed by atoms with Gasteiger partial charge in [0, 0.05) is 32.0 Å². The van der Waals surface area contributed by atoms with Crippen LogP contribution in [0.1, 0.15) is 24.2 Å². The smallest absolute Gasteiger partial charge is 0.254 e. The van der Waals surface area contributed by atoms with Gasteiger partial charge in [-0.1, -0.05) is 13.8 Å². The van der Waals surface area contributed by atoms with Crippen LogP contribution >= 0.6 is 0 Å². The fraction of sp³-hybridized carbons (Fsp3) is 0.615. The summed E-state index contributed by atoms with van der Waals surface area (Å²) in [5.41, 5.74) is 0.485. The van der Waals surface area contributed by atoms with Crippen molar-refractivity contribution in [3.63, 3.8) is 0 Å². The van der Waals surface area contributed by atoms with Gasteiger partial charge in [0.1, 0.15) is 0 Å². The first kappa shape index (κ1) is 15.4. The normalized spacial score (nSPS) is 10.8. The summed E-state index contributed by atoms with van der Waals surface area (Å²) < 4.78 is 0. The molecule has 19 heavy (non-hydrogen) atoms. The highest BCUT2D eigenvalue weighted by atomic mass is 16.1. The summed E-state index contributed by atoms with van der Waals surface area (Å²) in [6.45, 7) is 6.43. The first-order valence-corrected chi connectivity index (χ1v) is 6.48. The lowest BCUT2D eigenvalue weighted by Gasteiger charge is -2.10. The fourth-order valence-corrected chi connectivity index (χ4v) is 1.33. The van der Waals surface area contributed by atoms with Crippen LogP contribution < -0.4 is 10.6 Å². The summed E-state index contributed by atoms with van der Waals surface area (Å²) in [7, 11) is 4.01. The van der Waals surface area contributed by atoms with Crippen molar-refractivity contribution >= 4 is 11.9 Å². The van der Waals surface area contributed by atoms with E-state index in [1.165, 1.54) is 0 Å². The van der Waals surface area contributed by atoms with E-state index >= 15 is 0 Å². The largest absolute Gasteiger partial charge is 0.353 e. The number of nitrogens with zero attached hydrogens (tertiary/aromatic N) is 3. The van der Waals surface area contributed by atoms with Crippen molar-refractivity contribution in [3.8, 4) is 0 Å². The Morgan fingerprint density at radius 3 is 2.47 bits per heavy atom. The lowest BCUT2D eigenvalue weighted by Crippen LogP contribution is -2.27. The molecule has 1 amide bonds. The van der Waals surface area contributed by atoms with E-state index in [1.807, 2.05) is 14.1 Å². The van der Waals surface area contributed by atoms with Gasteiger partial charge in [-0.25, -0.2) is 9.97 Å². The lowest BCUT2D eigenvalue weighted by atomic mass is 10.2. The van der Waals surface area contributed by atoms with Crippen LogP contribution in [-0.4, -0.2) is 54.5 Å². The molecule has 6 nitrogen and oxygen atoms in total. The molecule has 0 saturated carbocycles. The van der Waals surface area contributed by atoms with Gasteiger partial charge >= 0.3 is 0 Å². The van der Waals surface area contributed by atoms with Crippen molar-refractivity contribution in [2.75, 3.05) is 39.0 Å². The van der Waals surface area contributed by atoms with Crippen LogP contribution in [-0.2, 0) is 0 Å². The van der Waals surface area contributed by atoms with Crippen LogP contribution in [0.2, 0.25) is 0 Å². The quantitative estimate of drug-likeness (QED) is 0.764. The Balaban J connectivity index is 2.44. The van der Waals surface area contributed by atoms with Gasteiger partial charge in [-0.15, -0.1) is 0 Å². The molecule has 0 fully saturated rings. The topological polar surface area (TPSA) is 70.2 Å². The summed E-state index contributed by atoms with van der Waals surface area (Å²) in [5, 5.41) is 5.93. The average molecular weight is 265 g/mol. The number of carbonyl (C=O) groups excluding carboxylic acids is 1. The Labute approximate surface area is 114 Å². The maximum absolute atomic E-state index is 11.7. The first-order valence-electron chi connectivity index (χ1n) is 6.48. The highest BCUT2D eigenvalue weighted by molar-refractivity contribution is 5.93. The molecule has 106 valence electrons. The van der Waals surface area contributed by atoms with Crippen LogP contribution in [0.5, 0.6) is 0 Å². The van der Waals surface area contributed by atoms with Crippen molar-refractivity contribution in [1.82, 2.24) is 20.2 Å². The molecule has 0 aromatic carbocycles. The predicted octanol–water partition coefficient (Wildman–Crippen LogP) is 0.836. The van der Waals surface area contributed by atoms with E-state index in [0.29, 0.717) is 24.0 Å². The molecule has 0 aliphatic rings. The van der Waals surface area contributed by atoms with Gasteiger partial charge in [0.15, 0.2) is 0 Å². The molecule has 2 N–H and O–H groups in total. The van der Waals surface area contributed by atoms with E-state index < -0.39 is 0 Å². The van der Waals surface area contributed by atoms with Crippen LogP contribution in [0.3, 0.4) is 0 Å². The van der Waals surface area contributed by atoms with Gasteiger partial charge in [0.25, 0.3) is 5.91 Å². The van der Waals surface area contributed by atoms with Crippen molar-refractivity contribution in [1.29, 1.82) is 0 Å². The Bertz CT molecular complexity index is 389. The van der Waals surface area contributed by atoms with E-state index in [-0.39, 0.29) is 5.91 Å². The Morgan fingerprint density at radius 1 is 1.32 bits per heavy atom. The van der Waals surface area contributed by atoms with Crippen molar-refractivity contribution in [2.45, 2.75) is 13.8 Å². The number of nitrogens with one attached hydrogen (secondary N) is 2. The molecule has 0 aliphatic heterocycles. The molecule has 0 atom stereocenters. The number of hydrogen-bond acceptors (Lipinski definition) is 5. The molecule has 0 aliphatic carbocycles. The maximum atomic E-state index is 11.7. The Morgan fingerprint density at radius 2 is 1.95 bits per heavy atom. The molecule has 0 saturated heterocycles. The van der Waals surface area contributed by atoms with Gasteiger partial charge in [0.2, 0.25) is 5.95 Å². The van der Waals surface area contributed by atoms with Crippen LogP contribution in [0, 0.1) is 5.92 Å². The number of anilines is 1. The first-order chi connectivity index (χ1) is 8.99. The van der Waals surface area contributed by atoms with Crippen molar-refractivity contribution < 1.29 is 4.79 Å². The minimum Gasteiger partial charge on any atom is -0.353 e. The molecule has 1 heterocycles. The number of likely N-dealkylation sites (N-methyl/N-ethyl adjacent to an activating group) is 1. The van der Waals surface area contributed by atoms with Crippen LogP contribution in [0.25, 0.3) is 0 Å². The van der Waals surface area contributed by atoms with Crippen LogP contribution in [0.4, 0.5) is 5.95 Å². The standard InChI is InChI=1S/C13H23N5O/c1-10(2)7-15-12(19)11-8-16-13(17-9-11)14-5-6-18(3)4/h8-10H,5-7H2,1-4H3,(H,15,19)(H,14,16,17). The van der Waals surface area contributed by atoms with Gasteiger partial charge in [-0.3, -0.25) is 4.79 Å². The molecular weight excluding hydrogens is 242 g/mol. The second-order valence-corrected chi connectivity index (χ2v) is 5.13. The number of rotatable bonds is 7. The zero-order valence-electron chi connectivity index (χ0n) is 12.1. The Kier molecular flexibility index (Phi) is 6.21. The van der Waals surface area contributed by atoms with Crippen LogP contribution in [0.15, 0.2) is 12.4 Å². The number of aromatic nitrogens is 2. The highest BCUT2D eigenvalue weighted by Crippen LogP contribution is 2.00. The SMILES string of the molecule is CC(C)CNC(=O)c1cnc(NCCN(C)C)nc1. The molecule has 1 rings (SSSR count). The fourth-order valence-electron chi connectivity index (χ4n) is 1.33. The number of amides is 1. The minimum atomic E-state index is -0.131. The van der Waals surface area contributed by atoms with Crippen molar-refractivity contribution in [2.24, 2.45) is 5.92 Å². The molecule has 0 unspecified atom stereocenters. The minimum absolute atomic E-state index is 0.131. The van der Waals surface area contributed by atoms with E-state index in [0.717, 1.165) is 13.1 Å². The zero-order valence-corrected chi connectivity index (χ0v) is 12.1. The summed E-state index contributed by atoms with van der Waals surface area (Å²) in [6, 6.07) is 0. The van der Waals surface area contributed by atoms with Gasteiger partial charge < -0.3 is 15.5 Å². The summed E-state index contributed by atoms with van der Waals surface area (Å²) in [4.78, 5) is 22.1.